The SMILES string of the molecule is CC(C)C(=O)Nc1nccc(C(N)=O)c1-c1cnccc1OCC(F)F. The van der Waals surface area contributed by atoms with Gasteiger partial charge in [0.2, 0.25) is 11.8 Å². The Labute approximate surface area is 148 Å². The highest BCUT2D eigenvalue weighted by atomic mass is 19.3. The topological polar surface area (TPSA) is 107 Å². The van der Waals surface area contributed by atoms with Crippen LogP contribution >= 0.6 is 0 Å². The van der Waals surface area contributed by atoms with Gasteiger partial charge in [0.1, 0.15) is 18.2 Å². The average molecular weight is 364 g/mol. The zero-order valence-electron chi connectivity index (χ0n) is 14.2. The average Bonchev–Trinajstić information content (AvgIpc) is 2.59. The summed E-state index contributed by atoms with van der Waals surface area (Å²) in [4.78, 5) is 31.9. The van der Waals surface area contributed by atoms with Crippen LogP contribution in [0.25, 0.3) is 11.1 Å². The highest BCUT2D eigenvalue weighted by Crippen LogP contribution is 2.36. The van der Waals surface area contributed by atoms with Crippen molar-refractivity contribution in [3.63, 3.8) is 0 Å². The Morgan fingerprint density at radius 2 is 2.00 bits per heavy atom. The fourth-order valence-corrected chi connectivity index (χ4v) is 2.14. The molecule has 0 aromatic carbocycles. The summed E-state index contributed by atoms with van der Waals surface area (Å²) in [6.07, 6.45) is 1.32. The predicted molar refractivity (Wildman–Crippen MR) is 91.0 cm³/mol. The molecule has 2 heterocycles. The molecule has 3 N–H and O–H groups in total. The van der Waals surface area contributed by atoms with E-state index in [1.807, 2.05) is 0 Å². The number of carbonyl (C=O) groups is 2. The van der Waals surface area contributed by atoms with Gasteiger partial charge in [0.05, 0.1) is 5.56 Å². The van der Waals surface area contributed by atoms with Crippen molar-refractivity contribution in [2.75, 3.05) is 11.9 Å². The molecule has 0 atom stereocenters. The number of halogens is 2. The van der Waals surface area contributed by atoms with Crippen molar-refractivity contribution in [1.29, 1.82) is 0 Å². The van der Waals surface area contributed by atoms with Crippen LogP contribution in [0.1, 0.15) is 24.2 Å². The molecular weight excluding hydrogens is 346 g/mol. The van der Waals surface area contributed by atoms with Crippen molar-refractivity contribution in [1.82, 2.24) is 9.97 Å². The van der Waals surface area contributed by atoms with Crippen LogP contribution in [0, 0.1) is 5.92 Å². The number of nitrogens with two attached hydrogens (primary N) is 1. The van der Waals surface area contributed by atoms with Gasteiger partial charge in [-0.25, -0.2) is 13.8 Å². The molecule has 0 saturated carbocycles. The lowest BCUT2D eigenvalue weighted by Gasteiger charge is -2.17. The number of hydrogen-bond donors (Lipinski definition) is 2. The smallest absolute Gasteiger partial charge is 0.272 e. The van der Waals surface area contributed by atoms with Crippen LogP contribution in [-0.4, -0.2) is 34.8 Å². The van der Waals surface area contributed by atoms with Gasteiger partial charge in [0.15, 0.2) is 0 Å². The summed E-state index contributed by atoms with van der Waals surface area (Å²) < 4.78 is 30.1. The molecule has 2 rings (SSSR count). The lowest BCUT2D eigenvalue weighted by atomic mass is 10.0. The molecule has 26 heavy (non-hydrogen) atoms. The Balaban J connectivity index is 2.60. The van der Waals surface area contributed by atoms with Gasteiger partial charge in [0.25, 0.3) is 6.43 Å². The standard InChI is InChI=1S/C17H18F2N4O3/c1-9(2)17(25)23-16-14(10(15(20)24)3-6-22-16)11-7-21-5-4-12(11)26-8-13(18)19/h3-7,9,13H,8H2,1-2H3,(H2,20,24)(H,22,23,25). The van der Waals surface area contributed by atoms with Crippen LogP contribution < -0.4 is 15.8 Å². The van der Waals surface area contributed by atoms with E-state index >= 15 is 0 Å². The third-order valence-corrected chi connectivity index (χ3v) is 3.40. The molecule has 0 aliphatic carbocycles. The highest BCUT2D eigenvalue weighted by molar-refractivity contribution is 6.05. The van der Waals surface area contributed by atoms with E-state index in [1.54, 1.807) is 13.8 Å². The number of pyridine rings is 2. The van der Waals surface area contributed by atoms with Gasteiger partial charge in [-0.1, -0.05) is 13.8 Å². The number of nitrogens with zero attached hydrogens (tertiary/aromatic N) is 2. The van der Waals surface area contributed by atoms with Gasteiger partial charge in [-0.3, -0.25) is 14.6 Å². The molecule has 0 aliphatic heterocycles. The first-order valence-electron chi connectivity index (χ1n) is 7.76. The summed E-state index contributed by atoms with van der Waals surface area (Å²) >= 11 is 0. The number of nitrogens with one attached hydrogen (secondary N) is 1. The van der Waals surface area contributed by atoms with Crippen molar-refractivity contribution in [2.24, 2.45) is 11.7 Å². The van der Waals surface area contributed by atoms with Crippen LogP contribution in [-0.2, 0) is 4.79 Å². The monoisotopic (exact) mass is 364 g/mol. The summed E-state index contributed by atoms with van der Waals surface area (Å²) in [6, 6.07) is 2.75. The predicted octanol–water partition coefficient (Wildman–Crippen LogP) is 2.48. The van der Waals surface area contributed by atoms with E-state index in [-0.39, 0.29) is 40.1 Å². The first-order chi connectivity index (χ1) is 12.3. The maximum absolute atomic E-state index is 12.5. The van der Waals surface area contributed by atoms with Crippen molar-refractivity contribution in [2.45, 2.75) is 20.3 Å². The molecule has 0 saturated heterocycles. The molecule has 138 valence electrons. The Hall–Kier alpha value is -3.10. The summed E-state index contributed by atoms with van der Waals surface area (Å²) in [5.74, 6) is -1.32. The number of ether oxygens (including phenoxy) is 1. The van der Waals surface area contributed by atoms with Gasteiger partial charge >= 0.3 is 0 Å². The molecule has 0 aliphatic rings. The van der Waals surface area contributed by atoms with Crippen LogP contribution in [0.2, 0.25) is 0 Å². The second-order valence-electron chi connectivity index (χ2n) is 5.66. The Morgan fingerprint density at radius 1 is 1.27 bits per heavy atom. The van der Waals surface area contributed by atoms with Crippen molar-refractivity contribution in [3.8, 4) is 16.9 Å². The molecule has 0 spiro atoms. The van der Waals surface area contributed by atoms with E-state index in [0.717, 1.165) is 0 Å². The number of carbonyl (C=O) groups excluding carboxylic acids is 2. The summed E-state index contributed by atoms with van der Waals surface area (Å²) in [5.41, 5.74) is 5.85. The minimum absolute atomic E-state index is 0.0500. The Morgan fingerprint density at radius 3 is 2.62 bits per heavy atom. The fraction of sp³-hybridized carbons (Fsp3) is 0.294. The van der Waals surface area contributed by atoms with Gasteiger partial charge in [-0.05, 0) is 12.1 Å². The molecule has 0 unspecified atom stereocenters. The largest absolute Gasteiger partial charge is 0.487 e. The number of rotatable bonds is 7. The quantitative estimate of drug-likeness (QED) is 0.785. The van der Waals surface area contributed by atoms with E-state index in [1.165, 1.54) is 30.7 Å². The number of alkyl halides is 2. The second-order valence-corrected chi connectivity index (χ2v) is 5.66. The van der Waals surface area contributed by atoms with Crippen LogP contribution in [0.3, 0.4) is 0 Å². The van der Waals surface area contributed by atoms with Crippen LogP contribution in [0.15, 0.2) is 30.7 Å². The zero-order chi connectivity index (χ0) is 19.3. The molecule has 2 amide bonds. The third kappa shape index (κ3) is 4.50. The molecule has 7 nitrogen and oxygen atoms in total. The Bertz CT molecular complexity index is 812. The number of anilines is 1. The lowest BCUT2D eigenvalue weighted by molar-refractivity contribution is -0.118. The molecule has 0 fully saturated rings. The van der Waals surface area contributed by atoms with Gasteiger partial charge < -0.3 is 15.8 Å². The number of hydrogen-bond acceptors (Lipinski definition) is 5. The number of aromatic nitrogens is 2. The first kappa shape index (κ1) is 19.2. The van der Waals surface area contributed by atoms with E-state index in [2.05, 4.69) is 15.3 Å². The summed E-state index contributed by atoms with van der Waals surface area (Å²) in [6.45, 7) is 2.54. The van der Waals surface area contributed by atoms with E-state index in [9.17, 15) is 18.4 Å². The minimum atomic E-state index is -2.68. The molecular formula is C17H18F2N4O3. The van der Waals surface area contributed by atoms with Crippen LogP contribution in [0.5, 0.6) is 5.75 Å². The van der Waals surface area contributed by atoms with Gasteiger partial charge in [-0.15, -0.1) is 0 Å². The fourth-order valence-electron chi connectivity index (χ4n) is 2.14. The highest BCUT2D eigenvalue weighted by Gasteiger charge is 2.22. The van der Waals surface area contributed by atoms with Gasteiger partial charge in [-0.2, -0.15) is 0 Å². The van der Waals surface area contributed by atoms with Gasteiger partial charge in [0, 0.05) is 35.6 Å². The van der Waals surface area contributed by atoms with Crippen molar-refractivity contribution >= 4 is 17.6 Å². The normalized spacial score (nSPS) is 10.8. The van der Waals surface area contributed by atoms with Crippen molar-refractivity contribution in [3.05, 3.63) is 36.3 Å². The molecule has 0 bridgehead atoms. The summed E-state index contributed by atoms with van der Waals surface area (Å²) in [5, 5.41) is 2.61. The summed E-state index contributed by atoms with van der Waals surface area (Å²) in [7, 11) is 0. The molecule has 2 aromatic heterocycles. The van der Waals surface area contributed by atoms with E-state index in [4.69, 9.17) is 10.5 Å². The molecule has 2 aromatic rings. The van der Waals surface area contributed by atoms with Crippen molar-refractivity contribution < 1.29 is 23.1 Å². The molecule has 0 radical (unpaired) electrons. The number of primary amides is 1. The van der Waals surface area contributed by atoms with E-state index in [0.29, 0.717) is 0 Å². The first-order valence-corrected chi connectivity index (χ1v) is 7.76. The maximum atomic E-state index is 12.5. The third-order valence-electron chi connectivity index (χ3n) is 3.40. The Kier molecular flexibility index (Phi) is 6.16. The second kappa shape index (κ2) is 8.32. The number of amides is 2. The minimum Gasteiger partial charge on any atom is -0.487 e. The lowest BCUT2D eigenvalue weighted by Crippen LogP contribution is -2.21. The molecule has 9 heteroatoms. The van der Waals surface area contributed by atoms with E-state index < -0.39 is 18.9 Å². The van der Waals surface area contributed by atoms with Crippen LogP contribution in [0.4, 0.5) is 14.6 Å². The zero-order valence-corrected chi connectivity index (χ0v) is 14.2. The maximum Gasteiger partial charge on any atom is 0.272 e.